The second-order valence-electron chi connectivity index (χ2n) is 5.92. The molecule has 1 amide bonds. The fourth-order valence-electron chi connectivity index (χ4n) is 2.92. The molecule has 6 heteroatoms. The Bertz CT molecular complexity index is 282. The first-order chi connectivity index (χ1) is 8.68. The quantitative estimate of drug-likeness (QED) is 0.781. The highest BCUT2D eigenvalue weighted by atomic mass is 35.5. The van der Waals surface area contributed by atoms with Crippen LogP contribution in [0.4, 0.5) is 0 Å². The smallest absolute Gasteiger partial charge is 0.223 e. The van der Waals surface area contributed by atoms with E-state index in [-0.39, 0.29) is 36.6 Å². The van der Waals surface area contributed by atoms with Gasteiger partial charge in [-0.3, -0.25) is 4.79 Å². The number of amides is 1. The number of hydrogen-bond donors (Lipinski definition) is 2. The molecule has 0 aromatic heterocycles. The molecule has 1 unspecified atom stereocenters. The van der Waals surface area contributed by atoms with Gasteiger partial charge >= 0.3 is 0 Å². The third-order valence-electron chi connectivity index (χ3n) is 4.65. The van der Waals surface area contributed by atoms with Gasteiger partial charge in [0.1, 0.15) is 0 Å². The molecule has 2 aliphatic rings. The third-order valence-corrected chi connectivity index (χ3v) is 4.65. The summed E-state index contributed by atoms with van der Waals surface area (Å²) in [5.41, 5.74) is 0. The molecule has 2 rings (SSSR count). The van der Waals surface area contributed by atoms with E-state index in [9.17, 15) is 4.79 Å². The zero-order valence-corrected chi connectivity index (χ0v) is 14.2. The molecular weight excluding hydrogens is 297 g/mol. The number of nitrogens with one attached hydrogen (secondary N) is 2. The van der Waals surface area contributed by atoms with Crippen molar-refractivity contribution in [1.82, 2.24) is 15.5 Å². The second kappa shape index (κ2) is 9.82. The second-order valence-corrected chi connectivity index (χ2v) is 5.92. The van der Waals surface area contributed by atoms with E-state index >= 15 is 0 Å². The lowest BCUT2D eigenvalue weighted by Crippen LogP contribution is -2.50. The van der Waals surface area contributed by atoms with Crippen molar-refractivity contribution in [2.24, 2.45) is 11.8 Å². The normalized spacial score (nSPS) is 20.8. The fraction of sp³-hybridized carbons (Fsp3) is 0.929. The van der Waals surface area contributed by atoms with Crippen LogP contribution in [0, 0.1) is 11.8 Å². The first-order valence-corrected chi connectivity index (χ1v) is 7.37. The molecule has 0 bridgehead atoms. The van der Waals surface area contributed by atoms with Crippen molar-refractivity contribution in [3.63, 3.8) is 0 Å². The van der Waals surface area contributed by atoms with Gasteiger partial charge in [0.15, 0.2) is 0 Å². The number of rotatable bonds is 6. The molecule has 1 saturated carbocycles. The minimum Gasteiger partial charge on any atom is -0.355 e. The number of carbonyl (C=O) groups is 1. The van der Waals surface area contributed by atoms with Crippen molar-refractivity contribution >= 4 is 30.7 Å². The molecule has 1 saturated heterocycles. The lowest BCUT2D eigenvalue weighted by molar-refractivity contribution is -0.126. The summed E-state index contributed by atoms with van der Waals surface area (Å²) in [6.45, 7) is 5.80. The van der Waals surface area contributed by atoms with Crippen molar-refractivity contribution in [3.05, 3.63) is 0 Å². The summed E-state index contributed by atoms with van der Waals surface area (Å²) in [5, 5.41) is 6.30. The Morgan fingerprint density at radius 1 is 1.30 bits per heavy atom. The van der Waals surface area contributed by atoms with E-state index in [1.54, 1.807) is 0 Å². The Morgan fingerprint density at radius 3 is 2.40 bits per heavy atom. The van der Waals surface area contributed by atoms with Gasteiger partial charge < -0.3 is 15.5 Å². The molecular formula is C14H29Cl2N3O. The number of halogens is 2. The summed E-state index contributed by atoms with van der Waals surface area (Å²) in [7, 11) is 2.18. The van der Waals surface area contributed by atoms with Gasteiger partial charge in [0, 0.05) is 25.0 Å². The first kappa shape index (κ1) is 20.0. The topological polar surface area (TPSA) is 44.4 Å². The zero-order chi connectivity index (χ0) is 13.0. The van der Waals surface area contributed by atoms with Crippen LogP contribution in [0.5, 0.6) is 0 Å². The number of nitrogens with zero attached hydrogens (tertiary/aromatic N) is 1. The van der Waals surface area contributed by atoms with Crippen molar-refractivity contribution in [3.8, 4) is 0 Å². The maximum atomic E-state index is 11.9. The summed E-state index contributed by atoms with van der Waals surface area (Å²) in [5.74, 6) is 0.918. The van der Waals surface area contributed by atoms with Gasteiger partial charge in [-0.05, 0) is 38.9 Å². The minimum absolute atomic E-state index is 0. The van der Waals surface area contributed by atoms with Gasteiger partial charge in [0.05, 0.1) is 0 Å². The van der Waals surface area contributed by atoms with Crippen LogP contribution < -0.4 is 10.6 Å². The minimum atomic E-state index is 0. The van der Waals surface area contributed by atoms with Crippen molar-refractivity contribution in [2.75, 3.05) is 33.2 Å². The maximum absolute atomic E-state index is 11.9. The SMILES string of the molecule is CC(C(=O)NCCN(C)C1CCCC1)C1CNC1.Cl.Cl. The van der Waals surface area contributed by atoms with E-state index in [2.05, 4.69) is 22.6 Å². The largest absolute Gasteiger partial charge is 0.355 e. The van der Waals surface area contributed by atoms with Crippen LogP contribution in [0.1, 0.15) is 32.6 Å². The molecule has 1 atom stereocenters. The Morgan fingerprint density at radius 2 is 1.90 bits per heavy atom. The van der Waals surface area contributed by atoms with Crippen LogP contribution in [0.25, 0.3) is 0 Å². The van der Waals surface area contributed by atoms with E-state index in [0.29, 0.717) is 5.92 Å². The Labute approximate surface area is 135 Å². The summed E-state index contributed by atoms with van der Waals surface area (Å²) in [4.78, 5) is 14.3. The zero-order valence-electron chi connectivity index (χ0n) is 12.6. The molecule has 0 aromatic carbocycles. The summed E-state index contributed by atoms with van der Waals surface area (Å²) in [6, 6.07) is 0.746. The van der Waals surface area contributed by atoms with Gasteiger partial charge in [-0.25, -0.2) is 0 Å². The number of carbonyl (C=O) groups excluding carboxylic acids is 1. The highest BCUT2D eigenvalue weighted by molar-refractivity contribution is 5.85. The first-order valence-electron chi connectivity index (χ1n) is 7.37. The molecule has 0 radical (unpaired) electrons. The monoisotopic (exact) mass is 325 g/mol. The molecule has 0 spiro atoms. The lowest BCUT2D eigenvalue weighted by atomic mass is 9.88. The van der Waals surface area contributed by atoms with Crippen molar-refractivity contribution in [2.45, 2.75) is 38.6 Å². The molecule has 2 N–H and O–H groups in total. The average molecular weight is 326 g/mol. The highest BCUT2D eigenvalue weighted by Gasteiger charge is 2.28. The molecule has 4 nitrogen and oxygen atoms in total. The standard InChI is InChI=1S/C14H27N3O.2ClH/c1-11(12-9-15-10-12)14(18)16-7-8-17(2)13-5-3-4-6-13;;/h11-13,15H,3-10H2,1-2H3,(H,16,18);2*1H. The van der Waals surface area contributed by atoms with E-state index in [0.717, 1.165) is 32.2 Å². The average Bonchev–Trinajstić information content (AvgIpc) is 2.79. The van der Waals surface area contributed by atoms with E-state index in [4.69, 9.17) is 0 Å². The van der Waals surface area contributed by atoms with Gasteiger partial charge in [-0.1, -0.05) is 19.8 Å². The van der Waals surface area contributed by atoms with Crippen LogP contribution in [-0.4, -0.2) is 50.1 Å². The van der Waals surface area contributed by atoms with Gasteiger partial charge in [-0.15, -0.1) is 24.8 Å². The van der Waals surface area contributed by atoms with E-state index in [1.807, 2.05) is 6.92 Å². The van der Waals surface area contributed by atoms with Crippen molar-refractivity contribution < 1.29 is 4.79 Å². The van der Waals surface area contributed by atoms with Crippen LogP contribution in [0.2, 0.25) is 0 Å². The van der Waals surface area contributed by atoms with Crippen LogP contribution >= 0.6 is 24.8 Å². The summed E-state index contributed by atoms with van der Waals surface area (Å²) in [6.07, 6.45) is 5.39. The molecule has 2 fully saturated rings. The lowest BCUT2D eigenvalue weighted by Gasteiger charge is -2.32. The maximum Gasteiger partial charge on any atom is 0.223 e. The van der Waals surface area contributed by atoms with Crippen LogP contribution in [0.3, 0.4) is 0 Å². The predicted molar refractivity (Wildman–Crippen MR) is 87.9 cm³/mol. The molecule has 0 aromatic rings. The van der Waals surface area contributed by atoms with E-state index in [1.165, 1.54) is 25.7 Å². The molecule has 1 aliphatic heterocycles. The number of hydrogen-bond acceptors (Lipinski definition) is 3. The predicted octanol–water partition coefficient (Wildman–Crippen LogP) is 1.68. The van der Waals surface area contributed by atoms with Gasteiger partial charge in [0.2, 0.25) is 5.91 Å². The van der Waals surface area contributed by atoms with Gasteiger partial charge in [-0.2, -0.15) is 0 Å². The van der Waals surface area contributed by atoms with Crippen molar-refractivity contribution in [1.29, 1.82) is 0 Å². The Hall–Kier alpha value is -0.0300. The Balaban J connectivity index is 0.00000180. The molecule has 120 valence electrons. The molecule has 20 heavy (non-hydrogen) atoms. The summed E-state index contributed by atoms with van der Waals surface area (Å²) < 4.78 is 0. The molecule has 1 heterocycles. The van der Waals surface area contributed by atoms with E-state index < -0.39 is 0 Å². The van der Waals surface area contributed by atoms with Crippen LogP contribution in [-0.2, 0) is 4.79 Å². The Kier molecular flexibility index (Phi) is 9.81. The van der Waals surface area contributed by atoms with Gasteiger partial charge in [0.25, 0.3) is 0 Å². The fourth-order valence-corrected chi connectivity index (χ4v) is 2.92. The number of likely N-dealkylation sites (N-methyl/N-ethyl adjacent to an activating group) is 1. The summed E-state index contributed by atoms with van der Waals surface area (Å²) >= 11 is 0. The highest BCUT2D eigenvalue weighted by Crippen LogP contribution is 2.21. The van der Waals surface area contributed by atoms with Crippen LogP contribution in [0.15, 0.2) is 0 Å². The molecule has 1 aliphatic carbocycles. The third kappa shape index (κ3) is 5.40.